The van der Waals surface area contributed by atoms with E-state index in [1.165, 1.54) is 12.1 Å². The second-order valence-electron chi connectivity index (χ2n) is 2.64. The van der Waals surface area contributed by atoms with Crippen molar-refractivity contribution < 1.29 is 18.7 Å². The van der Waals surface area contributed by atoms with E-state index < -0.39 is 11.8 Å². The third-order valence-electron chi connectivity index (χ3n) is 1.56. The van der Waals surface area contributed by atoms with E-state index in [1.807, 2.05) is 0 Å². The highest BCUT2D eigenvalue weighted by atomic mass is 79.9. The molecule has 0 N–H and O–H groups in total. The normalized spacial score (nSPS) is 9.80. The zero-order valence-electron chi connectivity index (χ0n) is 8.13. The second kappa shape index (κ2) is 5.70. The van der Waals surface area contributed by atoms with E-state index in [0.29, 0.717) is 4.47 Å². The van der Waals surface area contributed by atoms with Gasteiger partial charge in [-0.15, -0.1) is 0 Å². The summed E-state index contributed by atoms with van der Waals surface area (Å²) in [6, 6.07) is 4.42. The lowest BCUT2D eigenvalue weighted by Crippen LogP contribution is -2.15. The molecule has 0 unspecified atom stereocenters. The summed E-state index contributed by atoms with van der Waals surface area (Å²) in [6.07, 6.45) is 0. The van der Waals surface area contributed by atoms with Gasteiger partial charge in [0.25, 0.3) is 0 Å². The molecule has 5 heteroatoms. The molecule has 0 heterocycles. The predicted octanol–water partition coefficient (Wildman–Crippen LogP) is 2.53. The molecule has 0 saturated heterocycles. The quantitative estimate of drug-likeness (QED) is 0.793. The molecule has 0 amide bonds. The Morgan fingerprint density at radius 3 is 2.87 bits per heavy atom. The van der Waals surface area contributed by atoms with Gasteiger partial charge in [-0.3, -0.25) is 0 Å². The highest BCUT2D eigenvalue weighted by molar-refractivity contribution is 9.10. The standard InChI is InChI=1S/C10H10BrFO3/c1-2-14-9(13)6-15-10-7(11)4-3-5-8(10)12/h3-5H,2,6H2,1H3. The molecule has 0 spiro atoms. The Morgan fingerprint density at radius 2 is 2.27 bits per heavy atom. The van der Waals surface area contributed by atoms with Crippen LogP contribution in [0, 0.1) is 5.82 Å². The van der Waals surface area contributed by atoms with Crippen LogP contribution in [0.4, 0.5) is 4.39 Å². The monoisotopic (exact) mass is 276 g/mol. The highest BCUT2D eigenvalue weighted by Crippen LogP contribution is 2.27. The van der Waals surface area contributed by atoms with Gasteiger partial charge in [-0.2, -0.15) is 0 Å². The van der Waals surface area contributed by atoms with Crippen molar-refractivity contribution in [3.8, 4) is 5.75 Å². The van der Waals surface area contributed by atoms with Crippen molar-refractivity contribution in [2.75, 3.05) is 13.2 Å². The van der Waals surface area contributed by atoms with E-state index in [1.54, 1.807) is 13.0 Å². The molecule has 0 aliphatic heterocycles. The number of hydrogen-bond acceptors (Lipinski definition) is 3. The third-order valence-corrected chi connectivity index (χ3v) is 2.18. The Morgan fingerprint density at radius 1 is 1.53 bits per heavy atom. The minimum Gasteiger partial charge on any atom is -0.478 e. The van der Waals surface area contributed by atoms with Crippen molar-refractivity contribution in [3.63, 3.8) is 0 Å². The largest absolute Gasteiger partial charge is 0.478 e. The number of benzene rings is 1. The third kappa shape index (κ3) is 3.51. The Kier molecular flexibility index (Phi) is 4.55. The molecule has 15 heavy (non-hydrogen) atoms. The molecule has 0 saturated carbocycles. The molecule has 1 rings (SSSR count). The maximum atomic E-state index is 13.2. The molecular formula is C10H10BrFO3. The van der Waals surface area contributed by atoms with Gasteiger partial charge in [-0.25, -0.2) is 9.18 Å². The zero-order valence-corrected chi connectivity index (χ0v) is 9.71. The van der Waals surface area contributed by atoms with Crippen LogP contribution in [-0.4, -0.2) is 19.2 Å². The van der Waals surface area contributed by atoms with E-state index in [-0.39, 0.29) is 19.0 Å². The van der Waals surface area contributed by atoms with Gasteiger partial charge >= 0.3 is 5.97 Å². The molecule has 0 aliphatic carbocycles. The lowest BCUT2D eigenvalue weighted by molar-refractivity contribution is -0.145. The average molecular weight is 277 g/mol. The van der Waals surface area contributed by atoms with Gasteiger partial charge in [0.15, 0.2) is 18.2 Å². The summed E-state index contributed by atoms with van der Waals surface area (Å²) in [5.74, 6) is -1.02. The van der Waals surface area contributed by atoms with Crippen LogP contribution in [0.5, 0.6) is 5.75 Å². The summed E-state index contributed by atoms with van der Waals surface area (Å²) in [5, 5.41) is 0. The summed E-state index contributed by atoms with van der Waals surface area (Å²) in [6.45, 7) is 1.67. The first-order valence-electron chi connectivity index (χ1n) is 4.37. The van der Waals surface area contributed by atoms with Crippen molar-refractivity contribution in [1.29, 1.82) is 0 Å². The smallest absolute Gasteiger partial charge is 0.344 e. The van der Waals surface area contributed by atoms with E-state index in [9.17, 15) is 9.18 Å². The zero-order chi connectivity index (χ0) is 11.3. The first-order valence-corrected chi connectivity index (χ1v) is 5.17. The van der Waals surface area contributed by atoms with E-state index in [4.69, 9.17) is 4.74 Å². The Bertz CT molecular complexity index is 334. The molecule has 82 valence electrons. The molecule has 0 atom stereocenters. The Hall–Kier alpha value is -1.10. The molecule has 3 nitrogen and oxygen atoms in total. The Labute approximate surface area is 95.3 Å². The Balaban J connectivity index is 2.61. The molecular weight excluding hydrogens is 267 g/mol. The average Bonchev–Trinajstić information content (AvgIpc) is 2.17. The van der Waals surface area contributed by atoms with Crippen LogP contribution in [0.15, 0.2) is 22.7 Å². The van der Waals surface area contributed by atoms with Gasteiger partial charge in [0.1, 0.15) is 0 Å². The van der Waals surface area contributed by atoms with Crippen LogP contribution >= 0.6 is 15.9 Å². The summed E-state index contributed by atoms with van der Waals surface area (Å²) >= 11 is 3.12. The van der Waals surface area contributed by atoms with Crippen molar-refractivity contribution in [2.45, 2.75) is 6.92 Å². The molecule has 1 aromatic rings. The highest BCUT2D eigenvalue weighted by Gasteiger charge is 2.10. The molecule has 0 bridgehead atoms. The SMILES string of the molecule is CCOC(=O)COc1c(F)cccc1Br. The molecule has 1 aromatic carbocycles. The minimum absolute atomic E-state index is 0.0190. The van der Waals surface area contributed by atoms with E-state index >= 15 is 0 Å². The molecule has 0 radical (unpaired) electrons. The van der Waals surface area contributed by atoms with Gasteiger partial charge in [0.05, 0.1) is 11.1 Å². The summed E-state index contributed by atoms with van der Waals surface area (Å²) in [5.41, 5.74) is 0. The number of rotatable bonds is 4. The fraction of sp³-hybridized carbons (Fsp3) is 0.300. The van der Waals surface area contributed by atoms with Gasteiger partial charge in [0.2, 0.25) is 0 Å². The second-order valence-corrected chi connectivity index (χ2v) is 3.50. The number of ether oxygens (including phenoxy) is 2. The molecule has 0 fully saturated rings. The topological polar surface area (TPSA) is 35.5 Å². The van der Waals surface area contributed by atoms with Crippen molar-refractivity contribution in [3.05, 3.63) is 28.5 Å². The summed E-state index contributed by atoms with van der Waals surface area (Å²) in [7, 11) is 0. The lowest BCUT2D eigenvalue weighted by Gasteiger charge is -2.08. The van der Waals surface area contributed by atoms with E-state index in [0.717, 1.165) is 0 Å². The molecule has 0 aromatic heterocycles. The molecule has 0 aliphatic rings. The number of esters is 1. The number of carbonyl (C=O) groups excluding carboxylic acids is 1. The first kappa shape index (κ1) is 12.0. The van der Waals surface area contributed by atoms with E-state index in [2.05, 4.69) is 20.7 Å². The van der Waals surface area contributed by atoms with Crippen LogP contribution in [-0.2, 0) is 9.53 Å². The maximum Gasteiger partial charge on any atom is 0.344 e. The van der Waals surface area contributed by atoms with Crippen LogP contribution in [0.25, 0.3) is 0 Å². The fourth-order valence-corrected chi connectivity index (χ4v) is 1.41. The fourth-order valence-electron chi connectivity index (χ4n) is 0.954. The van der Waals surface area contributed by atoms with Gasteiger partial charge in [-0.1, -0.05) is 6.07 Å². The van der Waals surface area contributed by atoms with Crippen molar-refractivity contribution in [2.24, 2.45) is 0 Å². The number of carbonyl (C=O) groups is 1. The van der Waals surface area contributed by atoms with Crippen molar-refractivity contribution in [1.82, 2.24) is 0 Å². The first-order chi connectivity index (χ1) is 7.15. The summed E-state index contributed by atoms with van der Waals surface area (Å²) in [4.78, 5) is 11.0. The number of para-hydroxylation sites is 1. The van der Waals surface area contributed by atoms with Gasteiger partial charge in [0, 0.05) is 0 Å². The van der Waals surface area contributed by atoms with Crippen LogP contribution < -0.4 is 4.74 Å². The number of halogens is 2. The van der Waals surface area contributed by atoms with Crippen molar-refractivity contribution >= 4 is 21.9 Å². The minimum atomic E-state index is -0.521. The number of hydrogen-bond donors (Lipinski definition) is 0. The van der Waals surface area contributed by atoms with Gasteiger partial charge in [-0.05, 0) is 35.0 Å². The van der Waals surface area contributed by atoms with Crippen LogP contribution in [0.1, 0.15) is 6.92 Å². The summed E-state index contributed by atoms with van der Waals surface area (Å²) < 4.78 is 23.3. The maximum absolute atomic E-state index is 13.2. The van der Waals surface area contributed by atoms with Gasteiger partial charge < -0.3 is 9.47 Å². The predicted molar refractivity (Wildman–Crippen MR) is 56.2 cm³/mol. The van der Waals surface area contributed by atoms with Crippen LogP contribution in [0.3, 0.4) is 0 Å². The lowest BCUT2D eigenvalue weighted by atomic mass is 10.3. The van der Waals surface area contributed by atoms with Crippen LogP contribution in [0.2, 0.25) is 0 Å².